The molecule has 0 spiro atoms. The number of benzene rings is 1. The first kappa shape index (κ1) is 14.9. The average Bonchev–Trinajstić information content (AvgIpc) is 2.85. The van der Waals surface area contributed by atoms with E-state index >= 15 is 0 Å². The maximum absolute atomic E-state index is 5.78. The smallest absolute Gasteiger partial charge is 0.131 e. The zero-order chi connectivity index (χ0) is 14.7. The highest BCUT2D eigenvalue weighted by molar-refractivity contribution is 5.69. The Kier molecular flexibility index (Phi) is 4.66. The van der Waals surface area contributed by atoms with Crippen LogP contribution >= 0.6 is 0 Å². The molecule has 20 heavy (non-hydrogen) atoms. The predicted octanol–water partition coefficient (Wildman–Crippen LogP) is 4.89. The molecule has 0 saturated carbocycles. The normalized spacial score (nSPS) is 12.7. The number of nitrogens with zero attached hydrogens (tertiary/aromatic N) is 1. The van der Waals surface area contributed by atoms with Crippen LogP contribution in [0.25, 0.3) is 11.3 Å². The summed E-state index contributed by atoms with van der Waals surface area (Å²) in [5.41, 5.74) is 6.61. The van der Waals surface area contributed by atoms with Gasteiger partial charge in [-0.2, -0.15) is 0 Å². The zero-order valence-electron chi connectivity index (χ0n) is 13.2. The van der Waals surface area contributed by atoms with Crippen molar-refractivity contribution < 1.29 is 4.74 Å². The molecule has 1 atom stereocenters. The van der Waals surface area contributed by atoms with Crippen LogP contribution in [-0.2, 0) is 11.2 Å². The SMILES string of the molecule is CCOC(C)n1ccc(CC)c1-c1cc(C)ccc1C. The van der Waals surface area contributed by atoms with Gasteiger partial charge >= 0.3 is 0 Å². The highest BCUT2D eigenvalue weighted by atomic mass is 16.5. The van der Waals surface area contributed by atoms with Crippen molar-refractivity contribution in [3.8, 4) is 11.3 Å². The van der Waals surface area contributed by atoms with Crippen LogP contribution in [-0.4, -0.2) is 11.2 Å². The molecule has 0 N–H and O–H groups in total. The summed E-state index contributed by atoms with van der Waals surface area (Å²) >= 11 is 0. The lowest BCUT2D eigenvalue weighted by Gasteiger charge is -2.20. The van der Waals surface area contributed by atoms with Gasteiger partial charge in [0, 0.05) is 18.4 Å². The Balaban J connectivity index is 2.58. The molecule has 1 heterocycles. The van der Waals surface area contributed by atoms with E-state index in [0.29, 0.717) is 0 Å². The van der Waals surface area contributed by atoms with E-state index < -0.39 is 0 Å². The van der Waals surface area contributed by atoms with Gasteiger partial charge in [0.05, 0.1) is 5.69 Å². The maximum atomic E-state index is 5.78. The molecule has 0 aliphatic heterocycles. The van der Waals surface area contributed by atoms with E-state index in [0.717, 1.165) is 13.0 Å². The van der Waals surface area contributed by atoms with Crippen molar-refractivity contribution in [2.45, 2.75) is 47.3 Å². The first-order valence-electron chi connectivity index (χ1n) is 7.47. The molecule has 1 aromatic carbocycles. The fourth-order valence-electron chi connectivity index (χ4n) is 2.70. The van der Waals surface area contributed by atoms with Gasteiger partial charge < -0.3 is 9.30 Å². The summed E-state index contributed by atoms with van der Waals surface area (Å²) < 4.78 is 8.04. The summed E-state index contributed by atoms with van der Waals surface area (Å²) in [4.78, 5) is 0. The Bertz CT molecular complexity index is 583. The van der Waals surface area contributed by atoms with Crippen molar-refractivity contribution in [1.29, 1.82) is 0 Å². The van der Waals surface area contributed by atoms with Crippen molar-refractivity contribution in [3.63, 3.8) is 0 Å². The molecule has 0 aliphatic rings. The topological polar surface area (TPSA) is 14.2 Å². The van der Waals surface area contributed by atoms with Crippen molar-refractivity contribution in [1.82, 2.24) is 4.57 Å². The Labute approximate surface area is 122 Å². The number of aromatic nitrogens is 1. The summed E-state index contributed by atoms with van der Waals surface area (Å²) in [5, 5.41) is 0. The molecule has 2 nitrogen and oxygen atoms in total. The molecule has 108 valence electrons. The lowest BCUT2D eigenvalue weighted by atomic mass is 9.99. The highest BCUT2D eigenvalue weighted by Gasteiger charge is 2.16. The van der Waals surface area contributed by atoms with Crippen molar-refractivity contribution in [3.05, 3.63) is 47.2 Å². The molecular formula is C18H25NO. The van der Waals surface area contributed by atoms with Crippen LogP contribution in [0.4, 0.5) is 0 Å². The maximum Gasteiger partial charge on any atom is 0.131 e. The number of hydrogen-bond donors (Lipinski definition) is 0. The predicted molar refractivity (Wildman–Crippen MR) is 85.1 cm³/mol. The molecule has 0 bridgehead atoms. The van der Waals surface area contributed by atoms with Crippen molar-refractivity contribution >= 4 is 0 Å². The molecule has 1 aromatic heterocycles. The van der Waals surface area contributed by atoms with Crippen LogP contribution < -0.4 is 0 Å². The lowest BCUT2D eigenvalue weighted by molar-refractivity contribution is 0.0261. The van der Waals surface area contributed by atoms with Crippen LogP contribution in [0.5, 0.6) is 0 Å². The summed E-state index contributed by atoms with van der Waals surface area (Å²) in [6.45, 7) is 11.4. The molecule has 0 fully saturated rings. The van der Waals surface area contributed by atoms with E-state index in [4.69, 9.17) is 4.74 Å². The third-order valence-electron chi connectivity index (χ3n) is 3.83. The first-order valence-corrected chi connectivity index (χ1v) is 7.47. The van der Waals surface area contributed by atoms with E-state index in [9.17, 15) is 0 Å². The minimum Gasteiger partial charge on any atom is -0.359 e. The van der Waals surface area contributed by atoms with E-state index in [1.54, 1.807) is 0 Å². The standard InChI is InChI=1S/C18H25NO/c1-6-16-10-11-19(15(5)20-7-2)18(16)17-12-13(3)8-9-14(17)4/h8-12,15H,6-7H2,1-5H3. The van der Waals surface area contributed by atoms with E-state index in [1.165, 1.54) is 27.9 Å². The molecule has 0 radical (unpaired) electrons. The van der Waals surface area contributed by atoms with Crippen LogP contribution in [0.3, 0.4) is 0 Å². The fourth-order valence-corrected chi connectivity index (χ4v) is 2.70. The van der Waals surface area contributed by atoms with Crippen molar-refractivity contribution in [2.75, 3.05) is 6.61 Å². The second-order valence-electron chi connectivity index (χ2n) is 5.32. The second-order valence-corrected chi connectivity index (χ2v) is 5.32. The van der Waals surface area contributed by atoms with Crippen LogP contribution in [0.15, 0.2) is 30.5 Å². The summed E-state index contributed by atoms with van der Waals surface area (Å²) in [6.07, 6.45) is 3.25. The largest absolute Gasteiger partial charge is 0.359 e. The number of hydrogen-bond acceptors (Lipinski definition) is 1. The molecule has 1 unspecified atom stereocenters. The van der Waals surface area contributed by atoms with Crippen LogP contribution in [0, 0.1) is 13.8 Å². The molecular weight excluding hydrogens is 246 g/mol. The summed E-state index contributed by atoms with van der Waals surface area (Å²) in [7, 11) is 0. The van der Waals surface area contributed by atoms with Gasteiger partial charge in [-0.05, 0) is 57.4 Å². The fraction of sp³-hybridized carbons (Fsp3) is 0.444. The third-order valence-corrected chi connectivity index (χ3v) is 3.83. The molecule has 0 aliphatic carbocycles. The molecule has 2 aromatic rings. The van der Waals surface area contributed by atoms with Gasteiger partial charge in [-0.15, -0.1) is 0 Å². The molecule has 2 rings (SSSR count). The summed E-state index contributed by atoms with van der Waals surface area (Å²) in [6, 6.07) is 8.86. The van der Waals surface area contributed by atoms with Gasteiger partial charge in [-0.3, -0.25) is 0 Å². The highest BCUT2D eigenvalue weighted by Crippen LogP contribution is 2.31. The minimum atomic E-state index is 0.0650. The van der Waals surface area contributed by atoms with E-state index in [1.807, 2.05) is 6.92 Å². The van der Waals surface area contributed by atoms with Crippen LogP contribution in [0.2, 0.25) is 0 Å². The number of aryl methyl sites for hydroxylation is 3. The lowest BCUT2D eigenvalue weighted by Crippen LogP contribution is -2.10. The Hall–Kier alpha value is -1.54. The molecule has 2 heteroatoms. The van der Waals surface area contributed by atoms with E-state index in [2.05, 4.69) is 62.7 Å². The van der Waals surface area contributed by atoms with Gasteiger partial charge in [-0.25, -0.2) is 0 Å². The Morgan fingerprint density at radius 2 is 1.90 bits per heavy atom. The second kappa shape index (κ2) is 6.27. The van der Waals surface area contributed by atoms with Crippen molar-refractivity contribution in [2.24, 2.45) is 0 Å². The van der Waals surface area contributed by atoms with Gasteiger partial charge in [0.15, 0.2) is 0 Å². The minimum absolute atomic E-state index is 0.0650. The third kappa shape index (κ3) is 2.80. The summed E-state index contributed by atoms with van der Waals surface area (Å²) in [5.74, 6) is 0. The zero-order valence-corrected chi connectivity index (χ0v) is 13.2. The van der Waals surface area contributed by atoms with Gasteiger partial charge in [0.25, 0.3) is 0 Å². The average molecular weight is 271 g/mol. The number of rotatable bonds is 5. The van der Waals surface area contributed by atoms with Crippen LogP contribution in [0.1, 0.15) is 43.7 Å². The molecule has 0 saturated heterocycles. The first-order chi connectivity index (χ1) is 9.58. The van der Waals surface area contributed by atoms with Gasteiger partial charge in [-0.1, -0.05) is 24.6 Å². The monoisotopic (exact) mass is 271 g/mol. The van der Waals surface area contributed by atoms with Gasteiger partial charge in [0.2, 0.25) is 0 Å². The van der Waals surface area contributed by atoms with E-state index in [-0.39, 0.29) is 6.23 Å². The van der Waals surface area contributed by atoms with Gasteiger partial charge in [0.1, 0.15) is 6.23 Å². The quantitative estimate of drug-likeness (QED) is 0.755. The Morgan fingerprint density at radius 1 is 1.15 bits per heavy atom. The Morgan fingerprint density at radius 3 is 2.55 bits per heavy atom. The number of ether oxygens (including phenoxy) is 1. The molecule has 0 amide bonds.